The summed E-state index contributed by atoms with van der Waals surface area (Å²) >= 11 is 0. The Morgan fingerprint density at radius 2 is 1.26 bits per heavy atom. The highest BCUT2D eigenvalue weighted by Crippen LogP contribution is 2.76. The van der Waals surface area contributed by atoms with Gasteiger partial charge in [0.25, 0.3) is 0 Å². The molecular weight excluding hydrogens is 1390 g/mol. The molecule has 0 amide bonds. The Balaban J connectivity index is 0.000000419. The lowest BCUT2D eigenvalue weighted by atomic mass is 9.33. The van der Waals surface area contributed by atoms with Gasteiger partial charge in [0, 0.05) is 42.2 Å². The second-order valence-corrected chi connectivity index (χ2v) is 31.5. The highest BCUT2D eigenvalue weighted by atomic mass is 16.8. The molecule has 1 unspecified atom stereocenters. The first-order valence-electron chi connectivity index (χ1n) is 36.6. The number of carboxylic acids is 2. The summed E-state index contributed by atoms with van der Waals surface area (Å²) in [5.41, 5.74) is -1.52. The zero-order chi connectivity index (χ0) is 78.5. The summed E-state index contributed by atoms with van der Waals surface area (Å²) in [5, 5.41) is 161. The van der Waals surface area contributed by atoms with Gasteiger partial charge in [0.05, 0.1) is 38.6 Å². The number of hydrogen-bond donors (Lipinski definition) is 16. The number of aliphatic carboxylic acids is 1. The molecule has 10 rings (SSSR count). The van der Waals surface area contributed by atoms with E-state index in [-0.39, 0.29) is 53.3 Å². The molecule has 16 N–H and O–H groups in total. The number of carbonyl (C=O) groups is 5. The van der Waals surface area contributed by atoms with Gasteiger partial charge in [-0.1, -0.05) is 96.9 Å². The molecule has 0 aromatic heterocycles. The van der Waals surface area contributed by atoms with Gasteiger partial charge in [-0.3, -0.25) is 9.59 Å². The van der Waals surface area contributed by atoms with Crippen molar-refractivity contribution in [1.29, 1.82) is 0 Å². The maximum absolute atomic E-state index is 13.4. The number of aromatic hydroxyl groups is 1. The van der Waals surface area contributed by atoms with Crippen LogP contribution < -0.4 is 10.1 Å². The molecule has 30 heteroatoms. The minimum Gasteiger partial charge on any atom is -0.508 e. The van der Waals surface area contributed by atoms with Crippen LogP contribution >= 0.6 is 0 Å². The molecule has 4 saturated carbocycles. The zero-order valence-electron chi connectivity index (χ0n) is 62.2. The van der Waals surface area contributed by atoms with Crippen molar-refractivity contribution in [1.82, 2.24) is 5.32 Å². The SMILES string of the molecule is C/C=C(\C)C(=O)O[C@H]1[C@H](OC(C)=O)[C@]2(CO)CC[C@]3(C)C(=CC[C@@H]4[C@@]5(C)CC[C@H](O[C@@H]6O[C@H](C(=O)O)[C@@H](O[C@@H]7O[C@H](CO)[C@@H](O)[C@H](O)[C@H]7O)[C@H](O)[C@H]6O[C@@H]6O[C@H](CO)[C@@H](O)[C@H](O)[C@H]6O)[C@](C)(CO)[C@@H]5CC[C@]43C)[C@@H]2CC1(C)C.CC(=O)Oc1ccccc1C(=O)O.CCCCNCC(O)c1ccc(O)cc1. The number of ether oxygens (including phenoxy) is 9. The monoisotopic (exact) mass is 1500 g/mol. The first kappa shape index (κ1) is 85.9. The van der Waals surface area contributed by atoms with Crippen molar-refractivity contribution >= 4 is 29.8 Å². The number of para-hydroxylation sites is 1. The highest BCUT2D eigenvalue weighted by molar-refractivity contribution is 5.91. The van der Waals surface area contributed by atoms with Crippen molar-refractivity contribution in [3.05, 3.63) is 83.0 Å². The van der Waals surface area contributed by atoms with Gasteiger partial charge < -0.3 is 125 Å². The molecule has 5 aliphatic carbocycles. The molecular formula is C76H113NO29. The summed E-state index contributed by atoms with van der Waals surface area (Å²) in [6, 6.07) is 12.6. The first-order valence-corrected chi connectivity index (χ1v) is 36.6. The van der Waals surface area contributed by atoms with Gasteiger partial charge in [-0.05, 0) is 142 Å². The summed E-state index contributed by atoms with van der Waals surface area (Å²) in [6.45, 7) is 20.0. The molecule has 0 bridgehead atoms. The van der Waals surface area contributed by atoms with Crippen LogP contribution in [0.4, 0.5) is 0 Å². The predicted octanol–water partition coefficient (Wildman–Crippen LogP) is 2.83. The molecule has 3 saturated heterocycles. The van der Waals surface area contributed by atoms with Crippen LogP contribution in [-0.2, 0) is 57.1 Å². The van der Waals surface area contributed by atoms with Gasteiger partial charge in [-0.2, -0.15) is 0 Å². The van der Waals surface area contributed by atoms with Crippen LogP contribution in [0.3, 0.4) is 0 Å². The number of unbranched alkanes of at least 4 members (excludes halogenated alkanes) is 1. The van der Waals surface area contributed by atoms with E-state index in [1.807, 2.05) is 20.8 Å². The maximum Gasteiger partial charge on any atom is 0.339 e. The fourth-order valence-corrected chi connectivity index (χ4v) is 18.4. The number of aliphatic hydroxyl groups is 12. The number of fused-ring (bicyclic) bond motifs is 7. The summed E-state index contributed by atoms with van der Waals surface area (Å²) in [6.07, 6.45) is -21.0. The van der Waals surface area contributed by atoms with Crippen LogP contribution in [0.15, 0.2) is 71.8 Å². The van der Waals surface area contributed by atoms with Gasteiger partial charge >= 0.3 is 29.8 Å². The lowest BCUT2D eigenvalue weighted by molar-refractivity contribution is -0.391. The summed E-state index contributed by atoms with van der Waals surface area (Å²) < 4.78 is 53.1. The van der Waals surface area contributed by atoms with E-state index in [1.165, 1.54) is 31.6 Å². The number of phenolic OH excluding ortho intramolecular Hbond substituents is 1. The Labute approximate surface area is 617 Å². The third-order valence-electron chi connectivity index (χ3n) is 24.7. The average molecular weight is 1500 g/mol. The lowest BCUT2D eigenvalue weighted by Gasteiger charge is -2.72. The number of benzene rings is 2. The third kappa shape index (κ3) is 17.1. The van der Waals surface area contributed by atoms with Crippen LogP contribution in [0.1, 0.15) is 162 Å². The molecule has 7 fully saturated rings. The second-order valence-electron chi connectivity index (χ2n) is 31.5. The number of aliphatic hydroxyl groups excluding tert-OH is 12. The molecule has 2 aromatic rings. The summed E-state index contributed by atoms with van der Waals surface area (Å²) in [7, 11) is 0. The van der Waals surface area contributed by atoms with E-state index in [1.54, 1.807) is 56.3 Å². The number of hydrogen-bond acceptors (Lipinski definition) is 28. The van der Waals surface area contributed by atoms with Crippen LogP contribution in [0.5, 0.6) is 11.5 Å². The van der Waals surface area contributed by atoms with Crippen molar-refractivity contribution < 1.29 is 143 Å². The molecule has 8 aliphatic rings. The number of aromatic carboxylic acids is 1. The quantitative estimate of drug-likeness (QED) is 0.0201. The number of allylic oxidation sites excluding steroid dienone is 3. The van der Waals surface area contributed by atoms with Crippen molar-refractivity contribution in [3.8, 4) is 11.5 Å². The minimum atomic E-state index is -2.15. The maximum atomic E-state index is 13.4. The van der Waals surface area contributed by atoms with Crippen LogP contribution in [-0.4, -0.2) is 256 Å². The van der Waals surface area contributed by atoms with E-state index in [2.05, 4.69) is 43.8 Å². The van der Waals surface area contributed by atoms with Gasteiger partial charge in [-0.15, -0.1) is 0 Å². The topological polar surface area (TPSA) is 484 Å². The molecule has 0 radical (unpaired) electrons. The van der Waals surface area contributed by atoms with Crippen LogP contribution in [0, 0.1) is 50.2 Å². The number of rotatable bonds is 22. The fourth-order valence-electron chi connectivity index (χ4n) is 18.4. The Kier molecular flexibility index (Phi) is 28.5. The van der Waals surface area contributed by atoms with Crippen molar-refractivity contribution in [2.75, 3.05) is 39.5 Å². The second kappa shape index (κ2) is 35.1. The van der Waals surface area contributed by atoms with Crippen molar-refractivity contribution in [2.45, 2.75) is 257 Å². The number of phenols is 1. The van der Waals surface area contributed by atoms with E-state index in [0.717, 1.165) is 24.9 Å². The van der Waals surface area contributed by atoms with Gasteiger partial charge in [0.15, 0.2) is 25.0 Å². The molecule has 30 nitrogen and oxygen atoms in total. The van der Waals surface area contributed by atoms with E-state index in [0.29, 0.717) is 57.1 Å². The zero-order valence-corrected chi connectivity index (χ0v) is 62.2. The molecule has 3 heterocycles. The minimum absolute atomic E-state index is 0.0160. The molecule has 0 spiro atoms. The smallest absolute Gasteiger partial charge is 0.339 e. The first-order chi connectivity index (χ1) is 49.8. The van der Waals surface area contributed by atoms with Crippen molar-refractivity contribution in [2.24, 2.45) is 50.2 Å². The van der Waals surface area contributed by atoms with E-state index < -0.39 is 193 Å². The van der Waals surface area contributed by atoms with Gasteiger partial charge in [0.1, 0.15) is 96.4 Å². The molecule has 3 aliphatic heterocycles. The summed E-state index contributed by atoms with van der Waals surface area (Å²) in [4.78, 5) is 60.6. The normalized spacial score (nSPS) is 39.9. The van der Waals surface area contributed by atoms with Gasteiger partial charge in [0.2, 0.25) is 0 Å². The predicted molar refractivity (Wildman–Crippen MR) is 373 cm³/mol. The van der Waals surface area contributed by atoms with E-state index >= 15 is 0 Å². The molecule has 2 aromatic carbocycles. The number of carbonyl (C=O) groups excluding carboxylic acids is 3. The Bertz CT molecular complexity index is 3390. The highest BCUT2D eigenvalue weighted by Gasteiger charge is 2.72. The third-order valence-corrected chi connectivity index (χ3v) is 24.7. The largest absolute Gasteiger partial charge is 0.508 e. The molecule has 27 atom stereocenters. The van der Waals surface area contributed by atoms with E-state index in [4.69, 9.17) is 48.1 Å². The summed E-state index contributed by atoms with van der Waals surface area (Å²) in [5.74, 6) is -4.55. The number of esters is 3. The van der Waals surface area contributed by atoms with E-state index in [9.17, 15) is 90.4 Å². The molecule has 596 valence electrons. The lowest BCUT2D eigenvalue weighted by Crippen LogP contribution is -2.70. The standard InChI is InChI=1S/C55H86O23.C12H19NO2.C9H8O4/c1-10-24(2)46(70)78-43-44(71-25(3)60)55(23-59)18-17-53(8)26(27(55)19-50(43,4)5)11-12-31-51(6)15-14-32(52(7,22-58)30(51)13-16-54(31,53)9)74-49-41(76-48-38(66)36(64)34(62)29(21-57)73-48)39(67)40(42(77-49)45(68)69)75-47-37(65)35(63)33(61)28(20-56)72-47;1-2-3-8-13-9-12(15)10-4-6-11(14)7-5-10;1-6(10)13-8-5-3-2-4-7(8)9(11)12/h10-11,27-44,47-49,56-59,61-67H,12-23H2,1-9H3,(H,68,69);4-7,12-15H,2-3,8-9H2,1H3;2-5H,1H3,(H,11,12)/b24-10+;;/t27-,28+,29+,30+,31+,32-,33+,34+,35-,36-,37+,38+,39-,40-,41+,42-,43-,44-,47-,48-,49+,51-,52+,53+,54+,55-;;/m0../s1. The number of carboxylic acid groups (broad SMARTS) is 2. The van der Waals surface area contributed by atoms with Gasteiger partial charge in [-0.25, -0.2) is 14.4 Å². The number of nitrogens with one attached hydrogen (secondary N) is 1. The Morgan fingerprint density at radius 3 is 1.80 bits per heavy atom. The van der Waals surface area contributed by atoms with Crippen molar-refractivity contribution in [3.63, 3.8) is 0 Å². The molecule has 106 heavy (non-hydrogen) atoms. The van der Waals surface area contributed by atoms with Crippen LogP contribution in [0.25, 0.3) is 0 Å². The fraction of sp³-hybridized carbons (Fsp3) is 0.724. The van der Waals surface area contributed by atoms with Crippen LogP contribution in [0.2, 0.25) is 0 Å². The Morgan fingerprint density at radius 1 is 0.660 bits per heavy atom. The average Bonchev–Trinajstić information content (AvgIpc) is 0.672. The Hall–Kier alpha value is -5.69.